The Morgan fingerprint density at radius 1 is 1.24 bits per heavy atom. The predicted molar refractivity (Wildman–Crippen MR) is 77.7 cm³/mol. The van der Waals surface area contributed by atoms with Crippen LogP contribution in [0.1, 0.15) is 52.9 Å². The van der Waals surface area contributed by atoms with Crippen molar-refractivity contribution < 1.29 is 0 Å². The summed E-state index contributed by atoms with van der Waals surface area (Å²) >= 11 is 1.91. The molecule has 1 N–H and O–H groups in total. The van der Waals surface area contributed by atoms with Gasteiger partial charge in [0.2, 0.25) is 0 Å². The minimum absolute atomic E-state index is 0.491. The van der Waals surface area contributed by atoms with Crippen LogP contribution in [0.2, 0.25) is 0 Å². The van der Waals surface area contributed by atoms with Gasteiger partial charge in [-0.3, -0.25) is 4.99 Å². The molecule has 1 aliphatic carbocycles. The van der Waals surface area contributed by atoms with Gasteiger partial charge in [0.15, 0.2) is 5.17 Å². The summed E-state index contributed by atoms with van der Waals surface area (Å²) < 4.78 is 0. The molecule has 0 saturated heterocycles. The molecule has 1 heterocycles. The van der Waals surface area contributed by atoms with Crippen molar-refractivity contribution in [3.63, 3.8) is 0 Å². The van der Waals surface area contributed by atoms with Gasteiger partial charge in [0.1, 0.15) is 0 Å². The molecule has 98 valence electrons. The number of nitrogens with zero attached hydrogens (tertiary/aromatic N) is 1. The Bertz CT molecular complexity index is 269. The van der Waals surface area contributed by atoms with E-state index in [1.807, 2.05) is 11.8 Å². The maximum atomic E-state index is 4.77. The zero-order valence-electron chi connectivity index (χ0n) is 11.4. The second kappa shape index (κ2) is 6.12. The molecule has 2 rings (SSSR count). The van der Waals surface area contributed by atoms with Crippen molar-refractivity contribution in [2.75, 3.05) is 5.75 Å². The molecule has 0 bridgehead atoms. The summed E-state index contributed by atoms with van der Waals surface area (Å²) in [6.45, 7) is 6.85. The minimum Gasteiger partial charge on any atom is -0.362 e. The summed E-state index contributed by atoms with van der Waals surface area (Å²) in [6.07, 6.45) is 6.83. The van der Waals surface area contributed by atoms with Crippen LogP contribution >= 0.6 is 11.8 Å². The van der Waals surface area contributed by atoms with E-state index in [2.05, 4.69) is 26.1 Å². The minimum atomic E-state index is 0.491. The zero-order valence-corrected chi connectivity index (χ0v) is 12.2. The molecule has 2 atom stereocenters. The Kier molecular flexibility index (Phi) is 4.78. The van der Waals surface area contributed by atoms with Crippen molar-refractivity contribution in [3.8, 4) is 0 Å². The number of hydrogen-bond donors (Lipinski definition) is 1. The SMILES string of the molecule is CCC1CCC(NC2=NC(C)C(C)CS2)CC1. The summed E-state index contributed by atoms with van der Waals surface area (Å²) in [5.74, 6) is 2.92. The Labute approximate surface area is 110 Å². The highest BCUT2D eigenvalue weighted by Crippen LogP contribution is 2.28. The van der Waals surface area contributed by atoms with Crippen LogP contribution in [0, 0.1) is 11.8 Å². The molecule has 1 aliphatic heterocycles. The van der Waals surface area contributed by atoms with E-state index < -0.39 is 0 Å². The van der Waals surface area contributed by atoms with E-state index in [9.17, 15) is 0 Å². The number of hydrogen-bond acceptors (Lipinski definition) is 3. The molecule has 17 heavy (non-hydrogen) atoms. The zero-order chi connectivity index (χ0) is 12.3. The van der Waals surface area contributed by atoms with E-state index in [4.69, 9.17) is 4.99 Å². The Balaban J connectivity index is 1.80. The topological polar surface area (TPSA) is 24.4 Å². The van der Waals surface area contributed by atoms with Crippen LogP contribution in [-0.4, -0.2) is 23.0 Å². The second-order valence-corrected chi connectivity index (χ2v) is 6.74. The fourth-order valence-corrected chi connectivity index (χ4v) is 3.86. The van der Waals surface area contributed by atoms with Crippen LogP contribution in [-0.2, 0) is 0 Å². The van der Waals surface area contributed by atoms with Crippen molar-refractivity contribution >= 4 is 16.9 Å². The van der Waals surface area contributed by atoms with Crippen molar-refractivity contribution in [3.05, 3.63) is 0 Å². The van der Waals surface area contributed by atoms with E-state index in [-0.39, 0.29) is 0 Å². The van der Waals surface area contributed by atoms with Gasteiger partial charge in [0.25, 0.3) is 0 Å². The summed E-state index contributed by atoms with van der Waals surface area (Å²) in [5, 5.41) is 4.87. The fraction of sp³-hybridized carbons (Fsp3) is 0.929. The van der Waals surface area contributed by atoms with E-state index >= 15 is 0 Å². The molecule has 2 nitrogen and oxygen atoms in total. The third-order valence-electron chi connectivity index (χ3n) is 4.38. The highest BCUT2D eigenvalue weighted by atomic mass is 32.2. The highest BCUT2D eigenvalue weighted by Gasteiger charge is 2.24. The Morgan fingerprint density at radius 3 is 2.53 bits per heavy atom. The molecule has 0 amide bonds. The van der Waals surface area contributed by atoms with Crippen LogP contribution < -0.4 is 5.32 Å². The average Bonchev–Trinajstić information content (AvgIpc) is 2.35. The third-order valence-corrected chi connectivity index (χ3v) is 5.57. The average molecular weight is 254 g/mol. The quantitative estimate of drug-likeness (QED) is 0.813. The molecule has 1 saturated carbocycles. The summed E-state index contributed by atoms with van der Waals surface area (Å²) in [7, 11) is 0. The van der Waals surface area contributed by atoms with Gasteiger partial charge in [0.05, 0.1) is 6.04 Å². The van der Waals surface area contributed by atoms with Crippen LogP contribution in [0.5, 0.6) is 0 Å². The number of amidine groups is 1. The van der Waals surface area contributed by atoms with Gasteiger partial charge in [0, 0.05) is 11.8 Å². The molecule has 0 aromatic rings. The molecular formula is C14H26N2S. The number of rotatable bonds is 2. The third kappa shape index (κ3) is 3.64. The molecule has 1 fully saturated rings. The first-order chi connectivity index (χ1) is 8.19. The van der Waals surface area contributed by atoms with Crippen LogP contribution in [0.4, 0.5) is 0 Å². The number of thioether (sulfide) groups is 1. The normalized spacial score (nSPS) is 38.6. The van der Waals surface area contributed by atoms with Crippen molar-refractivity contribution in [1.29, 1.82) is 0 Å². The first kappa shape index (κ1) is 13.3. The molecule has 0 radical (unpaired) electrons. The van der Waals surface area contributed by atoms with E-state index in [1.165, 1.54) is 43.0 Å². The van der Waals surface area contributed by atoms with Crippen molar-refractivity contribution in [2.24, 2.45) is 16.8 Å². The van der Waals surface area contributed by atoms with Gasteiger partial charge in [-0.1, -0.05) is 32.0 Å². The summed E-state index contributed by atoms with van der Waals surface area (Å²) in [6, 6.07) is 1.18. The van der Waals surface area contributed by atoms with Crippen LogP contribution in [0.15, 0.2) is 4.99 Å². The Hall–Kier alpha value is -0.180. The van der Waals surface area contributed by atoms with E-state index in [0.717, 1.165) is 11.8 Å². The van der Waals surface area contributed by atoms with Gasteiger partial charge in [-0.2, -0.15) is 0 Å². The number of nitrogens with one attached hydrogen (secondary N) is 1. The maximum Gasteiger partial charge on any atom is 0.157 e. The lowest BCUT2D eigenvalue weighted by Crippen LogP contribution is -2.39. The lowest BCUT2D eigenvalue weighted by Gasteiger charge is -2.31. The largest absolute Gasteiger partial charge is 0.362 e. The summed E-state index contributed by atoms with van der Waals surface area (Å²) in [5.41, 5.74) is 0. The van der Waals surface area contributed by atoms with Crippen molar-refractivity contribution in [1.82, 2.24) is 5.32 Å². The lowest BCUT2D eigenvalue weighted by molar-refractivity contribution is 0.305. The molecule has 2 aliphatic rings. The lowest BCUT2D eigenvalue weighted by atomic mass is 9.85. The van der Waals surface area contributed by atoms with Gasteiger partial charge < -0.3 is 5.32 Å². The first-order valence-electron chi connectivity index (χ1n) is 7.16. The van der Waals surface area contributed by atoms with Gasteiger partial charge in [-0.05, 0) is 44.4 Å². The van der Waals surface area contributed by atoms with Crippen LogP contribution in [0.3, 0.4) is 0 Å². The fourth-order valence-electron chi connectivity index (χ4n) is 2.67. The molecule has 0 aromatic heterocycles. The highest BCUT2D eigenvalue weighted by molar-refractivity contribution is 8.13. The van der Waals surface area contributed by atoms with Crippen molar-refractivity contribution in [2.45, 2.75) is 65.0 Å². The van der Waals surface area contributed by atoms with E-state index in [1.54, 1.807) is 0 Å². The molecular weight excluding hydrogens is 228 g/mol. The maximum absolute atomic E-state index is 4.77. The monoisotopic (exact) mass is 254 g/mol. The predicted octanol–water partition coefficient (Wildman–Crippen LogP) is 3.67. The molecule has 2 unspecified atom stereocenters. The Morgan fingerprint density at radius 2 is 1.94 bits per heavy atom. The smallest absolute Gasteiger partial charge is 0.157 e. The van der Waals surface area contributed by atoms with Crippen LogP contribution in [0.25, 0.3) is 0 Å². The molecule has 0 spiro atoms. The standard InChI is InChI=1S/C14H26N2S/c1-4-12-5-7-13(8-6-12)16-14-15-11(3)10(2)9-17-14/h10-13H,4-9H2,1-3H3,(H,15,16). The first-order valence-corrected chi connectivity index (χ1v) is 8.14. The number of aliphatic imine (C=N–C) groups is 1. The van der Waals surface area contributed by atoms with Gasteiger partial charge in [-0.25, -0.2) is 0 Å². The van der Waals surface area contributed by atoms with E-state index in [0.29, 0.717) is 12.1 Å². The summed E-state index contributed by atoms with van der Waals surface area (Å²) in [4.78, 5) is 4.77. The molecule has 0 aromatic carbocycles. The second-order valence-electron chi connectivity index (χ2n) is 5.73. The molecule has 3 heteroatoms. The van der Waals surface area contributed by atoms with Gasteiger partial charge >= 0.3 is 0 Å². The van der Waals surface area contributed by atoms with Gasteiger partial charge in [-0.15, -0.1) is 0 Å².